The maximum Gasteiger partial charge on any atom is 0.327 e. The van der Waals surface area contributed by atoms with E-state index < -0.39 is 12.0 Å². The summed E-state index contributed by atoms with van der Waals surface area (Å²) in [6.45, 7) is 2.87. The number of nitrogens with zero attached hydrogens (tertiary/aromatic N) is 1. The van der Waals surface area contributed by atoms with Crippen molar-refractivity contribution in [1.29, 1.82) is 0 Å². The van der Waals surface area contributed by atoms with Crippen LogP contribution < -0.4 is 10.2 Å². The molecule has 2 aliphatic heterocycles. The van der Waals surface area contributed by atoms with Crippen LogP contribution >= 0.6 is 0 Å². The number of aliphatic carboxylic acids is 1. The third-order valence-corrected chi connectivity index (χ3v) is 4.47. The third-order valence-electron chi connectivity index (χ3n) is 4.47. The monoisotopic (exact) mass is 288 g/mol. The number of carboxylic acid groups (broad SMARTS) is 1. The summed E-state index contributed by atoms with van der Waals surface area (Å²) in [6, 6.07) is 7.03. The van der Waals surface area contributed by atoms with Gasteiger partial charge in [-0.2, -0.15) is 0 Å². The average molecular weight is 288 g/mol. The van der Waals surface area contributed by atoms with Gasteiger partial charge in [-0.15, -0.1) is 0 Å². The molecule has 1 fully saturated rings. The molecule has 0 spiro atoms. The van der Waals surface area contributed by atoms with Gasteiger partial charge in [-0.05, 0) is 37.9 Å². The lowest BCUT2D eigenvalue weighted by Crippen LogP contribution is -2.49. The Balaban J connectivity index is 1.90. The molecule has 0 saturated carbocycles. The first-order chi connectivity index (χ1) is 10.1. The summed E-state index contributed by atoms with van der Waals surface area (Å²) in [5, 5.41) is 12.8. The Morgan fingerprint density at radius 3 is 2.81 bits per heavy atom. The van der Waals surface area contributed by atoms with Gasteiger partial charge in [0.25, 0.3) is 0 Å². The van der Waals surface area contributed by atoms with Crippen LogP contribution in [0, 0.1) is 5.92 Å². The number of carbonyl (C=O) groups is 2. The number of para-hydroxylation sites is 1. The predicted molar refractivity (Wildman–Crippen MR) is 79.2 cm³/mol. The van der Waals surface area contributed by atoms with Gasteiger partial charge in [-0.25, -0.2) is 4.79 Å². The number of hydrogen-bond acceptors (Lipinski definition) is 3. The minimum absolute atomic E-state index is 0.0410. The molecule has 1 aromatic rings. The SMILES string of the molecule is CC1CC(C(=O)N2c3ccccc3CC2C(=O)O)CCN1. The van der Waals surface area contributed by atoms with Gasteiger partial charge in [-0.1, -0.05) is 18.2 Å². The highest BCUT2D eigenvalue weighted by Crippen LogP contribution is 2.34. The maximum absolute atomic E-state index is 12.9. The van der Waals surface area contributed by atoms with E-state index in [0.29, 0.717) is 12.5 Å². The highest BCUT2D eigenvalue weighted by molar-refractivity contribution is 6.03. The summed E-state index contributed by atoms with van der Waals surface area (Å²) in [4.78, 5) is 25.9. The van der Waals surface area contributed by atoms with E-state index in [4.69, 9.17) is 0 Å². The molecule has 2 heterocycles. The fraction of sp³-hybridized carbons (Fsp3) is 0.500. The molecule has 3 atom stereocenters. The number of hydrogen-bond donors (Lipinski definition) is 2. The fourth-order valence-corrected chi connectivity index (χ4v) is 3.41. The molecule has 1 saturated heterocycles. The Morgan fingerprint density at radius 1 is 1.33 bits per heavy atom. The Labute approximate surface area is 123 Å². The van der Waals surface area contributed by atoms with Crippen LogP contribution in [0.5, 0.6) is 0 Å². The largest absolute Gasteiger partial charge is 0.480 e. The minimum Gasteiger partial charge on any atom is -0.480 e. The topological polar surface area (TPSA) is 69.6 Å². The smallest absolute Gasteiger partial charge is 0.327 e. The standard InChI is InChI=1S/C16H20N2O3/c1-10-8-12(6-7-17-10)15(19)18-13-5-3-2-4-11(13)9-14(18)16(20)21/h2-5,10,12,14,17H,6-9H2,1H3,(H,20,21). The van der Waals surface area contributed by atoms with Gasteiger partial charge < -0.3 is 10.4 Å². The number of anilines is 1. The highest BCUT2D eigenvalue weighted by atomic mass is 16.4. The Morgan fingerprint density at radius 2 is 2.10 bits per heavy atom. The first-order valence-corrected chi connectivity index (χ1v) is 7.45. The number of benzene rings is 1. The van der Waals surface area contributed by atoms with Crippen molar-refractivity contribution in [1.82, 2.24) is 5.32 Å². The Hall–Kier alpha value is -1.88. The van der Waals surface area contributed by atoms with Gasteiger partial charge >= 0.3 is 5.97 Å². The first-order valence-electron chi connectivity index (χ1n) is 7.45. The van der Waals surface area contributed by atoms with Gasteiger partial charge in [0.2, 0.25) is 5.91 Å². The molecule has 0 bridgehead atoms. The molecule has 112 valence electrons. The molecule has 0 aromatic heterocycles. The minimum atomic E-state index is -0.929. The van der Waals surface area contributed by atoms with E-state index in [-0.39, 0.29) is 11.8 Å². The molecular formula is C16H20N2O3. The second-order valence-electron chi connectivity index (χ2n) is 5.97. The van der Waals surface area contributed by atoms with Crippen molar-refractivity contribution >= 4 is 17.6 Å². The second-order valence-corrected chi connectivity index (χ2v) is 5.97. The van der Waals surface area contributed by atoms with Crippen molar-refractivity contribution < 1.29 is 14.7 Å². The van der Waals surface area contributed by atoms with Crippen LogP contribution in [-0.4, -0.2) is 35.6 Å². The van der Waals surface area contributed by atoms with Crippen LogP contribution in [0.3, 0.4) is 0 Å². The number of piperidine rings is 1. The predicted octanol–water partition coefficient (Wildman–Crippen LogP) is 1.42. The number of fused-ring (bicyclic) bond motifs is 1. The number of nitrogens with one attached hydrogen (secondary N) is 1. The van der Waals surface area contributed by atoms with E-state index in [1.165, 1.54) is 4.90 Å². The van der Waals surface area contributed by atoms with Crippen molar-refractivity contribution in [2.45, 2.75) is 38.3 Å². The first kappa shape index (κ1) is 14.1. The normalized spacial score (nSPS) is 28.2. The summed E-state index contributed by atoms with van der Waals surface area (Å²) in [5.74, 6) is -1.06. The molecule has 0 aliphatic carbocycles. The molecule has 1 aromatic carbocycles. The van der Waals surface area contributed by atoms with Gasteiger partial charge in [0, 0.05) is 24.1 Å². The Kier molecular flexibility index (Phi) is 3.68. The summed E-state index contributed by atoms with van der Waals surface area (Å²) < 4.78 is 0. The quantitative estimate of drug-likeness (QED) is 0.863. The van der Waals surface area contributed by atoms with E-state index in [9.17, 15) is 14.7 Å². The van der Waals surface area contributed by atoms with Crippen LogP contribution in [0.1, 0.15) is 25.3 Å². The molecule has 5 heteroatoms. The molecule has 2 N–H and O–H groups in total. The van der Waals surface area contributed by atoms with E-state index in [1.807, 2.05) is 24.3 Å². The van der Waals surface area contributed by atoms with Crippen LogP contribution in [0.25, 0.3) is 0 Å². The average Bonchev–Trinajstić information content (AvgIpc) is 2.86. The molecule has 1 amide bonds. The summed E-state index contributed by atoms with van der Waals surface area (Å²) in [6.07, 6.45) is 1.94. The molecule has 0 radical (unpaired) electrons. The lowest BCUT2D eigenvalue weighted by Gasteiger charge is -2.32. The van der Waals surface area contributed by atoms with Crippen molar-refractivity contribution in [3.05, 3.63) is 29.8 Å². The zero-order valence-electron chi connectivity index (χ0n) is 12.1. The van der Waals surface area contributed by atoms with E-state index >= 15 is 0 Å². The van der Waals surface area contributed by atoms with Crippen LogP contribution in [0.15, 0.2) is 24.3 Å². The highest BCUT2D eigenvalue weighted by Gasteiger charge is 2.41. The second kappa shape index (κ2) is 5.48. The lowest BCUT2D eigenvalue weighted by molar-refractivity contribution is -0.140. The summed E-state index contributed by atoms with van der Waals surface area (Å²) in [7, 11) is 0. The van der Waals surface area contributed by atoms with Crippen LogP contribution in [-0.2, 0) is 16.0 Å². The van der Waals surface area contributed by atoms with Crippen LogP contribution in [0.4, 0.5) is 5.69 Å². The molecular weight excluding hydrogens is 268 g/mol. The van der Waals surface area contributed by atoms with Crippen molar-refractivity contribution in [2.24, 2.45) is 5.92 Å². The van der Waals surface area contributed by atoms with Crippen molar-refractivity contribution in [3.63, 3.8) is 0 Å². The van der Waals surface area contributed by atoms with E-state index in [2.05, 4.69) is 12.2 Å². The zero-order valence-corrected chi connectivity index (χ0v) is 12.1. The molecule has 5 nitrogen and oxygen atoms in total. The maximum atomic E-state index is 12.9. The van der Waals surface area contributed by atoms with Gasteiger partial charge in [0.15, 0.2) is 0 Å². The molecule has 3 rings (SSSR count). The fourth-order valence-electron chi connectivity index (χ4n) is 3.41. The number of carboxylic acids is 1. The van der Waals surface area contributed by atoms with E-state index in [0.717, 1.165) is 30.6 Å². The van der Waals surface area contributed by atoms with Crippen LogP contribution in [0.2, 0.25) is 0 Å². The van der Waals surface area contributed by atoms with Gasteiger partial charge in [0.1, 0.15) is 6.04 Å². The van der Waals surface area contributed by atoms with Crippen molar-refractivity contribution in [3.8, 4) is 0 Å². The molecule has 2 aliphatic rings. The lowest BCUT2D eigenvalue weighted by atomic mass is 9.91. The Bertz CT molecular complexity index is 572. The van der Waals surface area contributed by atoms with Crippen molar-refractivity contribution in [2.75, 3.05) is 11.4 Å². The summed E-state index contributed by atoms with van der Waals surface area (Å²) >= 11 is 0. The number of carbonyl (C=O) groups excluding carboxylic acids is 1. The summed E-state index contributed by atoms with van der Waals surface area (Å²) in [5.41, 5.74) is 1.71. The molecule has 21 heavy (non-hydrogen) atoms. The third kappa shape index (κ3) is 2.53. The van der Waals surface area contributed by atoms with Gasteiger partial charge in [0.05, 0.1) is 0 Å². The van der Waals surface area contributed by atoms with Gasteiger partial charge in [-0.3, -0.25) is 9.69 Å². The number of rotatable bonds is 2. The zero-order chi connectivity index (χ0) is 15.0. The molecule has 3 unspecified atom stereocenters. The number of amides is 1. The van der Waals surface area contributed by atoms with E-state index in [1.54, 1.807) is 0 Å².